The third-order valence-corrected chi connectivity index (χ3v) is 2.38. The summed E-state index contributed by atoms with van der Waals surface area (Å²) in [7, 11) is 1.70. The van der Waals surface area contributed by atoms with Gasteiger partial charge >= 0.3 is 0 Å². The minimum atomic E-state index is -0.991. The van der Waals surface area contributed by atoms with E-state index in [1.54, 1.807) is 20.9 Å². The molecule has 78 valence electrons. The van der Waals surface area contributed by atoms with Gasteiger partial charge in [-0.25, -0.2) is 0 Å². The van der Waals surface area contributed by atoms with Gasteiger partial charge in [-0.3, -0.25) is 4.79 Å². The van der Waals surface area contributed by atoms with Gasteiger partial charge in [0.25, 0.3) is 0 Å². The standard InChI is InChI=1S/C10H21NO2/c1-6-7(2)8(12)9(11-5)10(3,4)13/h7,9,11,13H,6H2,1-5H3/t7?,9-/m1/s1. The van der Waals surface area contributed by atoms with Gasteiger partial charge in [-0.05, 0) is 27.3 Å². The molecule has 0 radical (unpaired) electrons. The van der Waals surface area contributed by atoms with Crippen LogP contribution in [0.5, 0.6) is 0 Å². The second kappa shape index (κ2) is 4.72. The topological polar surface area (TPSA) is 49.3 Å². The molecule has 0 spiro atoms. The smallest absolute Gasteiger partial charge is 0.155 e. The lowest BCUT2D eigenvalue weighted by Crippen LogP contribution is -2.52. The van der Waals surface area contributed by atoms with Crippen molar-refractivity contribution < 1.29 is 9.90 Å². The third-order valence-electron chi connectivity index (χ3n) is 2.38. The average Bonchev–Trinajstić information content (AvgIpc) is 2.01. The fourth-order valence-electron chi connectivity index (χ4n) is 1.33. The monoisotopic (exact) mass is 187 g/mol. The Morgan fingerprint density at radius 2 is 2.00 bits per heavy atom. The highest BCUT2D eigenvalue weighted by Gasteiger charge is 2.33. The van der Waals surface area contributed by atoms with E-state index >= 15 is 0 Å². The largest absolute Gasteiger partial charge is 0.388 e. The Morgan fingerprint density at radius 1 is 1.54 bits per heavy atom. The lowest BCUT2D eigenvalue weighted by Gasteiger charge is -2.29. The van der Waals surface area contributed by atoms with Crippen LogP contribution in [0.3, 0.4) is 0 Å². The van der Waals surface area contributed by atoms with Crippen LogP contribution in [0, 0.1) is 5.92 Å². The molecule has 0 saturated carbocycles. The molecule has 2 N–H and O–H groups in total. The molecule has 0 aromatic rings. The molecule has 2 atom stereocenters. The highest BCUT2D eigenvalue weighted by molar-refractivity contribution is 5.87. The molecule has 0 amide bonds. The zero-order chi connectivity index (χ0) is 10.6. The van der Waals surface area contributed by atoms with Crippen LogP contribution in [-0.2, 0) is 4.79 Å². The lowest BCUT2D eigenvalue weighted by molar-refractivity contribution is -0.129. The van der Waals surface area contributed by atoms with E-state index in [0.29, 0.717) is 0 Å². The van der Waals surface area contributed by atoms with E-state index in [9.17, 15) is 9.90 Å². The first-order valence-corrected chi connectivity index (χ1v) is 4.78. The fraction of sp³-hybridized carbons (Fsp3) is 0.900. The molecule has 0 aromatic heterocycles. The summed E-state index contributed by atoms with van der Waals surface area (Å²) in [6, 6.07) is -0.470. The van der Waals surface area contributed by atoms with E-state index in [0.717, 1.165) is 6.42 Å². The van der Waals surface area contributed by atoms with Crippen LogP contribution in [0.2, 0.25) is 0 Å². The van der Waals surface area contributed by atoms with Gasteiger partial charge in [-0.2, -0.15) is 0 Å². The molecule has 13 heavy (non-hydrogen) atoms. The first-order valence-electron chi connectivity index (χ1n) is 4.78. The highest BCUT2D eigenvalue weighted by atomic mass is 16.3. The van der Waals surface area contributed by atoms with Crippen LogP contribution in [0.15, 0.2) is 0 Å². The molecule has 0 aromatic carbocycles. The summed E-state index contributed by atoms with van der Waals surface area (Å²) in [5, 5.41) is 12.6. The number of carbonyl (C=O) groups is 1. The van der Waals surface area contributed by atoms with Crippen LogP contribution < -0.4 is 5.32 Å². The number of likely N-dealkylation sites (N-methyl/N-ethyl adjacent to an activating group) is 1. The van der Waals surface area contributed by atoms with Crippen molar-refractivity contribution in [1.82, 2.24) is 5.32 Å². The lowest BCUT2D eigenvalue weighted by atomic mass is 9.88. The molecule has 1 unspecified atom stereocenters. The first kappa shape index (κ1) is 12.6. The van der Waals surface area contributed by atoms with E-state index in [4.69, 9.17) is 0 Å². The minimum Gasteiger partial charge on any atom is -0.388 e. The first-order chi connectivity index (χ1) is 5.84. The van der Waals surface area contributed by atoms with Gasteiger partial charge in [0.1, 0.15) is 0 Å². The zero-order valence-corrected chi connectivity index (χ0v) is 9.22. The fourth-order valence-corrected chi connectivity index (χ4v) is 1.33. The van der Waals surface area contributed by atoms with Crippen LogP contribution in [0.4, 0.5) is 0 Å². The molecule has 0 fully saturated rings. The van der Waals surface area contributed by atoms with Crippen LogP contribution in [0.25, 0.3) is 0 Å². The number of nitrogens with one attached hydrogen (secondary N) is 1. The Bertz CT molecular complexity index is 172. The number of ketones is 1. The molecule has 3 nitrogen and oxygen atoms in total. The maximum atomic E-state index is 11.7. The van der Waals surface area contributed by atoms with Crippen molar-refractivity contribution in [2.24, 2.45) is 5.92 Å². The van der Waals surface area contributed by atoms with Crippen molar-refractivity contribution in [3.05, 3.63) is 0 Å². The van der Waals surface area contributed by atoms with E-state index in [1.807, 2.05) is 13.8 Å². The maximum Gasteiger partial charge on any atom is 0.155 e. The zero-order valence-electron chi connectivity index (χ0n) is 9.22. The summed E-state index contributed by atoms with van der Waals surface area (Å²) < 4.78 is 0. The molecule has 0 rings (SSSR count). The SMILES string of the molecule is CCC(C)C(=O)[C@@H](NC)C(C)(C)O. The van der Waals surface area contributed by atoms with Crippen molar-refractivity contribution in [3.8, 4) is 0 Å². The Morgan fingerprint density at radius 3 is 2.23 bits per heavy atom. The molecule has 0 saturated heterocycles. The summed E-state index contributed by atoms with van der Waals surface area (Å²) in [6.45, 7) is 7.15. The van der Waals surface area contributed by atoms with Crippen molar-refractivity contribution in [2.75, 3.05) is 7.05 Å². The second-order valence-corrected chi connectivity index (χ2v) is 4.09. The molecule has 0 heterocycles. The Kier molecular flexibility index (Phi) is 4.57. The minimum absolute atomic E-state index is 0.00359. The summed E-state index contributed by atoms with van der Waals surface area (Å²) in [5.74, 6) is 0.0846. The van der Waals surface area contributed by atoms with E-state index in [2.05, 4.69) is 5.32 Å². The quantitative estimate of drug-likeness (QED) is 0.674. The predicted molar refractivity (Wildman–Crippen MR) is 53.6 cm³/mol. The highest BCUT2D eigenvalue weighted by Crippen LogP contribution is 2.15. The Labute approximate surface area is 80.5 Å². The van der Waals surface area contributed by atoms with Gasteiger partial charge in [0.05, 0.1) is 11.6 Å². The van der Waals surface area contributed by atoms with Crippen LogP contribution >= 0.6 is 0 Å². The number of Topliss-reactive ketones (excluding diaryl/α,β-unsaturated/α-hetero) is 1. The van der Waals surface area contributed by atoms with Gasteiger partial charge < -0.3 is 10.4 Å². The number of aliphatic hydroxyl groups is 1. The van der Waals surface area contributed by atoms with Crippen LogP contribution in [0.1, 0.15) is 34.1 Å². The van der Waals surface area contributed by atoms with E-state index in [-0.39, 0.29) is 11.7 Å². The second-order valence-electron chi connectivity index (χ2n) is 4.09. The maximum absolute atomic E-state index is 11.7. The molecule has 0 aliphatic carbocycles. The summed E-state index contributed by atoms with van der Waals surface area (Å²) >= 11 is 0. The van der Waals surface area contributed by atoms with Crippen molar-refractivity contribution >= 4 is 5.78 Å². The predicted octanol–water partition coefficient (Wildman–Crippen LogP) is 0.960. The van der Waals surface area contributed by atoms with Crippen LogP contribution in [-0.4, -0.2) is 29.6 Å². The average molecular weight is 187 g/mol. The summed E-state index contributed by atoms with van der Waals surface area (Å²) in [6.07, 6.45) is 0.813. The number of hydrogen-bond donors (Lipinski definition) is 2. The van der Waals surface area contributed by atoms with E-state index in [1.165, 1.54) is 0 Å². The van der Waals surface area contributed by atoms with Crippen molar-refractivity contribution in [3.63, 3.8) is 0 Å². The molecule has 3 heteroatoms. The molecular formula is C10H21NO2. The third kappa shape index (κ3) is 3.44. The number of carbonyl (C=O) groups excluding carboxylic acids is 1. The normalized spacial score (nSPS) is 16.8. The number of hydrogen-bond acceptors (Lipinski definition) is 3. The van der Waals surface area contributed by atoms with Gasteiger partial charge in [-0.15, -0.1) is 0 Å². The molecular weight excluding hydrogens is 166 g/mol. The Hall–Kier alpha value is -0.410. The van der Waals surface area contributed by atoms with E-state index < -0.39 is 11.6 Å². The van der Waals surface area contributed by atoms with Crippen molar-refractivity contribution in [1.29, 1.82) is 0 Å². The van der Waals surface area contributed by atoms with Gasteiger partial charge in [0.2, 0.25) is 0 Å². The van der Waals surface area contributed by atoms with Gasteiger partial charge in [0, 0.05) is 5.92 Å². The summed E-state index contributed by atoms with van der Waals surface area (Å²) in [4.78, 5) is 11.7. The molecule has 0 bridgehead atoms. The number of rotatable bonds is 5. The Balaban J connectivity index is 4.51. The molecule has 0 aliphatic rings. The summed E-state index contributed by atoms with van der Waals surface area (Å²) in [5.41, 5.74) is -0.991. The van der Waals surface area contributed by atoms with Gasteiger partial charge in [-0.1, -0.05) is 13.8 Å². The molecule has 0 aliphatic heterocycles. The van der Waals surface area contributed by atoms with Gasteiger partial charge in [0.15, 0.2) is 5.78 Å². The van der Waals surface area contributed by atoms with Crippen molar-refractivity contribution in [2.45, 2.75) is 45.8 Å².